The molecule has 0 saturated heterocycles. The average molecular weight is 353 g/mol. The first-order valence-electron chi connectivity index (χ1n) is 7.50. The molecule has 6 nitrogen and oxygen atoms in total. The van der Waals surface area contributed by atoms with Crippen molar-refractivity contribution in [3.63, 3.8) is 0 Å². The molecule has 8 heteroatoms. The van der Waals surface area contributed by atoms with E-state index < -0.39 is 18.7 Å². The maximum atomic E-state index is 12.1. The number of halogens is 2. The molecule has 0 saturated carbocycles. The summed E-state index contributed by atoms with van der Waals surface area (Å²) in [6, 6.07) is 9.23. The van der Waals surface area contributed by atoms with Crippen molar-refractivity contribution in [2.75, 3.05) is 6.61 Å². The van der Waals surface area contributed by atoms with Crippen LogP contribution in [0.15, 0.2) is 42.6 Å². The lowest BCUT2D eigenvalue weighted by Crippen LogP contribution is -2.25. The minimum Gasteiger partial charge on any atom is -0.479 e. The lowest BCUT2D eigenvalue weighted by atomic mass is 10.3. The van der Waals surface area contributed by atoms with Gasteiger partial charge in [-0.3, -0.25) is 0 Å². The van der Waals surface area contributed by atoms with Crippen LogP contribution in [-0.4, -0.2) is 30.3 Å². The number of hydrogen-bond donors (Lipinski definition) is 0. The Balaban J connectivity index is 1.92. The van der Waals surface area contributed by atoms with Crippen LogP contribution >= 0.6 is 0 Å². The first-order valence-corrected chi connectivity index (χ1v) is 7.50. The zero-order valence-corrected chi connectivity index (χ0v) is 13.6. The summed E-state index contributed by atoms with van der Waals surface area (Å²) in [5.41, 5.74) is 0. The largest absolute Gasteiger partial charge is 0.479 e. The highest BCUT2D eigenvalue weighted by molar-refractivity contribution is 5.74. The number of alkyl halides is 2. The van der Waals surface area contributed by atoms with Gasteiger partial charge in [-0.15, -0.1) is 0 Å². The van der Waals surface area contributed by atoms with Crippen molar-refractivity contribution in [2.24, 2.45) is 0 Å². The quantitative estimate of drug-likeness (QED) is 0.673. The van der Waals surface area contributed by atoms with Gasteiger partial charge in [0.05, 0.1) is 12.8 Å². The van der Waals surface area contributed by atoms with Gasteiger partial charge < -0.3 is 18.9 Å². The lowest BCUT2D eigenvalue weighted by molar-refractivity contribution is -0.150. The summed E-state index contributed by atoms with van der Waals surface area (Å²) >= 11 is 0. The number of hydrogen-bond acceptors (Lipinski definition) is 6. The molecule has 0 radical (unpaired) electrons. The first-order chi connectivity index (χ1) is 12.0. The molecule has 0 bridgehead atoms. The molecule has 0 fully saturated rings. The molecule has 1 aromatic carbocycles. The molecule has 0 spiro atoms. The number of benzene rings is 1. The van der Waals surface area contributed by atoms with Crippen LogP contribution in [0.5, 0.6) is 23.1 Å². The average Bonchev–Trinajstić information content (AvgIpc) is 2.58. The fourth-order valence-electron chi connectivity index (χ4n) is 1.82. The van der Waals surface area contributed by atoms with Crippen LogP contribution in [0.25, 0.3) is 0 Å². The molecule has 1 unspecified atom stereocenters. The van der Waals surface area contributed by atoms with E-state index in [1.165, 1.54) is 12.1 Å². The molecule has 1 heterocycles. The zero-order valence-electron chi connectivity index (χ0n) is 13.6. The van der Waals surface area contributed by atoms with Gasteiger partial charge in [-0.25, -0.2) is 9.78 Å². The van der Waals surface area contributed by atoms with Gasteiger partial charge in [0.15, 0.2) is 6.10 Å². The van der Waals surface area contributed by atoms with E-state index >= 15 is 0 Å². The van der Waals surface area contributed by atoms with E-state index in [9.17, 15) is 13.6 Å². The predicted molar refractivity (Wildman–Crippen MR) is 84.1 cm³/mol. The van der Waals surface area contributed by atoms with Crippen LogP contribution in [0.4, 0.5) is 8.78 Å². The molecule has 1 aromatic heterocycles. The van der Waals surface area contributed by atoms with Crippen molar-refractivity contribution in [2.45, 2.75) is 26.6 Å². The third-order valence-corrected chi connectivity index (χ3v) is 2.91. The van der Waals surface area contributed by atoms with E-state index in [1.807, 2.05) is 0 Å². The summed E-state index contributed by atoms with van der Waals surface area (Å²) in [7, 11) is 0. The monoisotopic (exact) mass is 353 g/mol. The van der Waals surface area contributed by atoms with Crippen LogP contribution in [0.2, 0.25) is 0 Å². The molecule has 0 amide bonds. The molecule has 0 aliphatic rings. The fourth-order valence-corrected chi connectivity index (χ4v) is 1.82. The maximum absolute atomic E-state index is 12.1. The lowest BCUT2D eigenvalue weighted by Gasteiger charge is -2.13. The number of aromatic nitrogens is 1. The zero-order chi connectivity index (χ0) is 18.2. The van der Waals surface area contributed by atoms with Gasteiger partial charge in [0.25, 0.3) is 0 Å². The van der Waals surface area contributed by atoms with E-state index in [4.69, 9.17) is 14.2 Å². The van der Waals surface area contributed by atoms with Gasteiger partial charge in [0.2, 0.25) is 5.88 Å². The van der Waals surface area contributed by atoms with Crippen molar-refractivity contribution in [3.05, 3.63) is 42.6 Å². The summed E-state index contributed by atoms with van der Waals surface area (Å²) < 4.78 is 44.1. The van der Waals surface area contributed by atoms with Gasteiger partial charge in [0, 0.05) is 6.07 Å². The second kappa shape index (κ2) is 8.81. The Morgan fingerprint density at radius 2 is 1.68 bits per heavy atom. The molecular formula is C17H17F2NO5. The molecule has 2 aromatic rings. The number of carbonyl (C=O) groups excluding carboxylic acids is 1. The molecule has 0 aliphatic carbocycles. The van der Waals surface area contributed by atoms with E-state index in [0.29, 0.717) is 11.5 Å². The summed E-state index contributed by atoms with van der Waals surface area (Å²) in [4.78, 5) is 15.4. The van der Waals surface area contributed by atoms with Gasteiger partial charge in [0.1, 0.15) is 17.2 Å². The van der Waals surface area contributed by atoms with Gasteiger partial charge >= 0.3 is 12.6 Å². The number of ether oxygens (including phenoxy) is 4. The van der Waals surface area contributed by atoms with E-state index in [1.54, 1.807) is 38.1 Å². The highest BCUT2D eigenvalue weighted by Gasteiger charge is 2.15. The molecule has 0 N–H and O–H groups in total. The van der Waals surface area contributed by atoms with Crippen LogP contribution in [0, 0.1) is 0 Å². The SMILES string of the molecule is CCOC(=O)C(C)Oc1ccc(Oc2ccc(OC(F)F)cn2)cc1. The molecule has 25 heavy (non-hydrogen) atoms. The number of esters is 1. The van der Waals surface area contributed by atoms with E-state index in [2.05, 4.69) is 9.72 Å². The number of pyridine rings is 1. The predicted octanol–water partition coefficient (Wildman–Crippen LogP) is 3.81. The Morgan fingerprint density at radius 1 is 1.04 bits per heavy atom. The topological polar surface area (TPSA) is 66.9 Å². The molecule has 2 rings (SSSR count). The van der Waals surface area contributed by atoms with Crippen LogP contribution in [-0.2, 0) is 9.53 Å². The Hall–Kier alpha value is -2.90. The number of carbonyl (C=O) groups is 1. The first kappa shape index (κ1) is 18.4. The third-order valence-electron chi connectivity index (χ3n) is 2.91. The smallest absolute Gasteiger partial charge is 0.387 e. The second-order valence-electron chi connectivity index (χ2n) is 4.80. The van der Waals surface area contributed by atoms with Gasteiger partial charge in [-0.05, 0) is 44.2 Å². The number of rotatable bonds is 8. The highest BCUT2D eigenvalue weighted by Crippen LogP contribution is 2.24. The van der Waals surface area contributed by atoms with Gasteiger partial charge in [-0.2, -0.15) is 8.78 Å². The van der Waals surface area contributed by atoms with Crippen molar-refractivity contribution in [1.82, 2.24) is 4.98 Å². The third kappa shape index (κ3) is 5.91. The van der Waals surface area contributed by atoms with Crippen LogP contribution in [0.1, 0.15) is 13.8 Å². The summed E-state index contributed by atoms with van der Waals surface area (Å²) in [6.45, 7) is 0.692. The van der Waals surface area contributed by atoms with E-state index in [0.717, 1.165) is 6.20 Å². The van der Waals surface area contributed by atoms with Crippen molar-refractivity contribution in [3.8, 4) is 23.1 Å². The fraction of sp³-hybridized carbons (Fsp3) is 0.294. The minimum atomic E-state index is -2.90. The van der Waals surface area contributed by atoms with Crippen molar-refractivity contribution >= 4 is 5.97 Å². The summed E-state index contributed by atoms with van der Waals surface area (Å²) in [5, 5.41) is 0. The maximum Gasteiger partial charge on any atom is 0.387 e. The van der Waals surface area contributed by atoms with Crippen molar-refractivity contribution in [1.29, 1.82) is 0 Å². The Bertz CT molecular complexity index is 676. The van der Waals surface area contributed by atoms with E-state index in [-0.39, 0.29) is 18.2 Å². The molecule has 134 valence electrons. The van der Waals surface area contributed by atoms with Crippen LogP contribution in [0.3, 0.4) is 0 Å². The van der Waals surface area contributed by atoms with Crippen molar-refractivity contribution < 1.29 is 32.5 Å². The summed E-state index contributed by atoms with van der Waals surface area (Å²) in [6.07, 6.45) is 0.413. The normalized spacial score (nSPS) is 11.7. The standard InChI is InChI=1S/C17H17F2NO5/c1-3-22-16(21)11(2)23-12-4-6-13(7-5-12)24-15-9-8-14(10-20-15)25-17(18)19/h4-11,17H,3H2,1-2H3. The second-order valence-corrected chi connectivity index (χ2v) is 4.80. The Morgan fingerprint density at radius 3 is 2.24 bits per heavy atom. The highest BCUT2D eigenvalue weighted by atomic mass is 19.3. The molecule has 1 atom stereocenters. The Labute approximate surface area is 143 Å². The Kier molecular flexibility index (Phi) is 6.50. The molecule has 0 aliphatic heterocycles. The summed E-state index contributed by atoms with van der Waals surface area (Å²) in [5.74, 6) is 0.653. The van der Waals surface area contributed by atoms with Crippen LogP contribution < -0.4 is 14.2 Å². The number of nitrogens with zero attached hydrogens (tertiary/aromatic N) is 1. The molecular weight excluding hydrogens is 336 g/mol. The van der Waals surface area contributed by atoms with Gasteiger partial charge in [-0.1, -0.05) is 0 Å². The minimum absolute atomic E-state index is 0.0564.